The molecule has 0 atom stereocenters. The third kappa shape index (κ3) is 2.42. The summed E-state index contributed by atoms with van der Waals surface area (Å²) in [5.41, 5.74) is -0.768. The normalized spacial score (nSPS) is 18.1. The highest BCUT2D eigenvalue weighted by Crippen LogP contribution is 2.22. The molecule has 102 valence electrons. The molecule has 4 nitrogen and oxygen atoms in total. The van der Waals surface area contributed by atoms with Crippen molar-refractivity contribution in [1.82, 2.24) is 10.2 Å². The Kier molecular flexibility index (Phi) is 3.49. The molecule has 1 aromatic carbocycles. The third-order valence-electron chi connectivity index (χ3n) is 3.26. The quantitative estimate of drug-likeness (QED) is 0.855. The number of carbonyl (C=O) groups is 2. The summed E-state index contributed by atoms with van der Waals surface area (Å²) in [6, 6.07) is 3.88. The van der Waals surface area contributed by atoms with Crippen molar-refractivity contribution in [2.75, 3.05) is 13.1 Å². The first-order valence-electron chi connectivity index (χ1n) is 5.89. The number of halogens is 2. The van der Waals surface area contributed by atoms with Crippen molar-refractivity contribution in [2.24, 2.45) is 0 Å². The lowest BCUT2D eigenvalue weighted by Crippen LogP contribution is -2.63. The predicted octanol–water partition coefficient (Wildman–Crippen LogP) is 1.83. The lowest BCUT2D eigenvalue weighted by Gasteiger charge is -2.41. The van der Waals surface area contributed by atoms with E-state index >= 15 is 0 Å². The van der Waals surface area contributed by atoms with E-state index in [4.69, 9.17) is 11.6 Å². The van der Waals surface area contributed by atoms with E-state index in [1.807, 2.05) is 0 Å². The summed E-state index contributed by atoms with van der Waals surface area (Å²) in [7, 11) is 0. The Morgan fingerprint density at radius 3 is 2.79 bits per heavy atom. The largest absolute Gasteiger partial charge is 0.352 e. The maximum atomic E-state index is 13.4. The molecule has 1 aliphatic rings. The Labute approximate surface area is 115 Å². The minimum Gasteiger partial charge on any atom is -0.352 e. The molecule has 0 bridgehead atoms. The standard InChI is InChI=1S/C13H14ClFN2O2/c1-13(2)12(19)16-5-6-17(13)11(18)8-3-4-9(14)10(15)7-8/h3-4,7H,5-6H2,1-2H3,(H,16,19). The van der Waals surface area contributed by atoms with E-state index in [2.05, 4.69) is 5.32 Å². The van der Waals surface area contributed by atoms with Crippen LogP contribution in [0.3, 0.4) is 0 Å². The number of nitrogens with zero attached hydrogens (tertiary/aromatic N) is 1. The van der Waals surface area contributed by atoms with E-state index in [0.717, 1.165) is 6.07 Å². The Bertz CT molecular complexity index is 545. The smallest absolute Gasteiger partial charge is 0.254 e. The van der Waals surface area contributed by atoms with Crippen LogP contribution in [0.2, 0.25) is 5.02 Å². The number of nitrogens with one attached hydrogen (secondary N) is 1. The first-order chi connectivity index (χ1) is 8.84. The van der Waals surface area contributed by atoms with Crippen LogP contribution in [0.4, 0.5) is 4.39 Å². The van der Waals surface area contributed by atoms with Crippen LogP contribution in [0.5, 0.6) is 0 Å². The van der Waals surface area contributed by atoms with Crippen molar-refractivity contribution >= 4 is 23.4 Å². The van der Waals surface area contributed by atoms with Gasteiger partial charge in [0.25, 0.3) is 5.91 Å². The van der Waals surface area contributed by atoms with E-state index in [9.17, 15) is 14.0 Å². The van der Waals surface area contributed by atoms with E-state index in [1.165, 1.54) is 17.0 Å². The van der Waals surface area contributed by atoms with Gasteiger partial charge in [-0.05, 0) is 32.0 Å². The van der Waals surface area contributed by atoms with Crippen LogP contribution >= 0.6 is 11.6 Å². The van der Waals surface area contributed by atoms with Gasteiger partial charge in [-0.15, -0.1) is 0 Å². The molecular formula is C13H14ClFN2O2. The summed E-state index contributed by atoms with van der Waals surface area (Å²) in [4.78, 5) is 25.6. The first-order valence-corrected chi connectivity index (χ1v) is 6.27. The van der Waals surface area contributed by atoms with E-state index in [-0.39, 0.29) is 22.4 Å². The fourth-order valence-corrected chi connectivity index (χ4v) is 2.16. The summed E-state index contributed by atoms with van der Waals surface area (Å²) >= 11 is 5.59. The van der Waals surface area contributed by atoms with Crippen LogP contribution in [-0.4, -0.2) is 35.3 Å². The maximum Gasteiger partial charge on any atom is 0.254 e. The SMILES string of the molecule is CC1(C)C(=O)NCCN1C(=O)c1ccc(Cl)c(F)c1. The van der Waals surface area contributed by atoms with Gasteiger partial charge < -0.3 is 10.2 Å². The number of carbonyl (C=O) groups excluding carboxylic acids is 2. The number of hydrogen-bond acceptors (Lipinski definition) is 2. The van der Waals surface area contributed by atoms with Crippen molar-refractivity contribution in [3.63, 3.8) is 0 Å². The Balaban J connectivity index is 2.32. The molecule has 1 aliphatic heterocycles. The van der Waals surface area contributed by atoms with Crippen LogP contribution in [0.15, 0.2) is 18.2 Å². The molecule has 1 aromatic rings. The van der Waals surface area contributed by atoms with Gasteiger partial charge in [0.15, 0.2) is 0 Å². The molecule has 0 aromatic heterocycles. The van der Waals surface area contributed by atoms with Crippen LogP contribution in [0, 0.1) is 5.82 Å². The number of piperazine rings is 1. The second-order valence-corrected chi connectivity index (χ2v) is 5.31. The molecule has 0 radical (unpaired) electrons. The molecule has 19 heavy (non-hydrogen) atoms. The van der Waals surface area contributed by atoms with Crippen molar-refractivity contribution in [2.45, 2.75) is 19.4 Å². The molecule has 0 unspecified atom stereocenters. The lowest BCUT2D eigenvalue weighted by atomic mass is 9.97. The first kappa shape index (κ1) is 13.8. The topological polar surface area (TPSA) is 49.4 Å². The van der Waals surface area contributed by atoms with E-state index < -0.39 is 11.4 Å². The second-order valence-electron chi connectivity index (χ2n) is 4.90. The molecule has 1 saturated heterocycles. The fraction of sp³-hybridized carbons (Fsp3) is 0.385. The van der Waals surface area contributed by atoms with Crippen molar-refractivity contribution < 1.29 is 14.0 Å². The van der Waals surface area contributed by atoms with Gasteiger partial charge in [-0.1, -0.05) is 11.6 Å². The summed E-state index contributed by atoms with van der Waals surface area (Å²) in [6.07, 6.45) is 0. The molecule has 0 aliphatic carbocycles. The van der Waals surface area contributed by atoms with Crippen LogP contribution in [0.1, 0.15) is 24.2 Å². The van der Waals surface area contributed by atoms with Crippen molar-refractivity contribution in [3.05, 3.63) is 34.6 Å². The summed E-state index contributed by atoms with van der Waals surface area (Å²) in [6.45, 7) is 4.10. The highest BCUT2D eigenvalue weighted by atomic mass is 35.5. The second kappa shape index (κ2) is 4.81. The van der Waals surface area contributed by atoms with Gasteiger partial charge in [0, 0.05) is 18.7 Å². The van der Waals surface area contributed by atoms with E-state index in [0.29, 0.717) is 13.1 Å². The molecule has 1 fully saturated rings. The zero-order chi connectivity index (χ0) is 14.2. The molecule has 2 rings (SSSR count). The average Bonchev–Trinajstić information content (AvgIpc) is 2.35. The Hall–Kier alpha value is -1.62. The summed E-state index contributed by atoms with van der Waals surface area (Å²) in [5, 5.41) is 2.67. The number of benzene rings is 1. The molecule has 1 heterocycles. The van der Waals surface area contributed by atoms with Gasteiger partial charge in [-0.25, -0.2) is 4.39 Å². The maximum absolute atomic E-state index is 13.4. The predicted molar refractivity (Wildman–Crippen MR) is 69.5 cm³/mol. The zero-order valence-corrected chi connectivity index (χ0v) is 11.4. The molecule has 0 spiro atoms. The minimum absolute atomic E-state index is 0.0350. The monoisotopic (exact) mass is 284 g/mol. The minimum atomic E-state index is -0.953. The van der Waals surface area contributed by atoms with Gasteiger partial charge >= 0.3 is 0 Å². The third-order valence-corrected chi connectivity index (χ3v) is 3.57. The van der Waals surface area contributed by atoms with Gasteiger partial charge in [0.2, 0.25) is 5.91 Å². The molecule has 6 heteroatoms. The highest BCUT2D eigenvalue weighted by molar-refractivity contribution is 6.30. The number of amides is 2. The number of rotatable bonds is 1. The molecule has 1 N–H and O–H groups in total. The number of hydrogen-bond donors (Lipinski definition) is 1. The fourth-order valence-electron chi connectivity index (χ4n) is 2.04. The average molecular weight is 285 g/mol. The molecule has 0 saturated carbocycles. The van der Waals surface area contributed by atoms with E-state index in [1.54, 1.807) is 13.8 Å². The Morgan fingerprint density at radius 2 is 2.16 bits per heavy atom. The summed E-state index contributed by atoms with van der Waals surface area (Å²) < 4.78 is 13.4. The van der Waals surface area contributed by atoms with Gasteiger partial charge in [-0.3, -0.25) is 9.59 Å². The van der Waals surface area contributed by atoms with Crippen molar-refractivity contribution in [1.29, 1.82) is 0 Å². The van der Waals surface area contributed by atoms with Gasteiger partial charge in [-0.2, -0.15) is 0 Å². The lowest BCUT2D eigenvalue weighted by molar-refractivity contribution is -0.133. The highest BCUT2D eigenvalue weighted by Gasteiger charge is 2.40. The van der Waals surface area contributed by atoms with Crippen molar-refractivity contribution in [3.8, 4) is 0 Å². The summed E-state index contributed by atoms with van der Waals surface area (Å²) in [5.74, 6) is -1.25. The molecule has 2 amide bonds. The zero-order valence-electron chi connectivity index (χ0n) is 10.7. The van der Waals surface area contributed by atoms with Crippen LogP contribution < -0.4 is 5.32 Å². The van der Waals surface area contributed by atoms with Gasteiger partial charge in [0.1, 0.15) is 11.4 Å². The van der Waals surface area contributed by atoms with Crippen LogP contribution in [0.25, 0.3) is 0 Å². The van der Waals surface area contributed by atoms with Crippen LogP contribution in [-0.2, 0) is 4.79 Å². The van der Waals surface area contributed by atoms with Gasteiger partial charge in [0.05, 0.1) is 5.02 Å². The molecular weight excluding hydrogens is 271 g/mol. The Morgan fingerprint density at radius 1 is 1.47 bits per heavy atom.